The van der Waals surface area contributed by atoms with Crippen LogP contribution in [0.5, 0.6) is 0 Å². The third-order valence-corrected chi connectivity index (χ3v) is 3.79. The maximum atomic E-state index is 11.6. The highest BCUT2D eigenvalue weighted by molar-refractivity contribution is 7.13. The fraction of sp³-hybridized carbons (Fsp3) is 0.667. The van der Waals surface area contributed by atoms with Gasteiger partial charge in [0.2, 0.25) is 5.91 Å². The molecular weight excluding hydrogens is 248 g/mol. The third kappa shape index (κ3) is 4.27. The highest BCUT2D eigenvalue weighted by Gasteiger charge is 2.14. The second kappa shape index (κ2) is 6.70. The Hall–Kier alpha value is -1.14. The molecule has 1 aliphatic heterocycles. The van der Waals surface area contributed by atoms with Crippen LogP contribution in [0.3, 0.4) is 0 Å². The Morgan fingerprint density at radius 2 is 2.28 bits per heavy atom. The highest BCUT2D eigenvalue weighted by atomic mass is 32.1. The Balaban J connectivity index is 1.56. The van der Waals surface area contributed by atoms with Crippen molar-refractivity contribution in [2.75, 3.05) is 31.9 Å². The number of amides is 1. The van der Waals surface area contributed by atoms with Gasteiger partial charge >= 0.3 is 0 Å². The summed E-state index contributed by atoms with van der Waals surface area (Å²) in [5, 5.41) is 5.54. The number of hydrogen-bond donors (Lipinski definition) is 2. The van der Waals surface area contributed by atoms with Gasteiger partial charge in [-0.25, -0.2) is 4.98 Å². The minimum atomic E-state index is 0.134. The minimum Gasteiger partial charge on any atom is -0.375 e. The van der Waals surface area contributed by atoms with Crippen LogP contribution < -0.4 is 11.1 Å². The van der Waals surface area contributed by atoms with Crippen LogP contribution >= 0.6 is 11.3 Å². The molecule has 2 rings (SSSR count). The van der Waals surface area contributed by atoms with Crippen molar-refractivity contribution in [1.29, 1.82) is 0 Å². The van der Waals surface area contributed by atoms with E-state index in [4.69, 9.17) is 5.73 Å². The molecule has 18 heavy (non-hydrogen) atoms. The first-order chi connectivity index (χ1) is 8.74. The molecule has 1 aromatic rings. The van der Waals surface area contributed by atoms with E-state index in [-0.39, 0.29) is 5.91 Å². The first kappa shape index (κ1) is 13.3. The summed E-state index contributed by atoms with van der Waals surface area (Å²) in [7, 11) is 0. The maximum Gasteiger partial charge on any atom is 0.234 e. The smallest absolute Gasteiger partial charge is 0.234 e. The second-order valence-corrected chi connectivity index (χ2v) is 5.50. The number of aryl methyl sites for hydroxylation is 1. The molecule has 1 fully saturated rings. The van der Waals surface area contributed by atoms with Crippen molar-refractivity contribution in [3.05, 3.63) is 11.1 Å². The topological polar surface area (TPSA) is 71.2 Å². The number of nitrogens with two attached hydrogens (primary N) is 1. The number of carbonyl (C=O) groups excluding carboxylic acids is 1. The Kier molecular flexibility index (Phi) is 4.95. The lowest BCUT2D eigenvalue weighted by atomic mass is 10.2. The van der Waals surface area contributed by atoms with Gasteiger partial charge < -0.3 is 11.1 Å². The third-order valence-electron chi connectivity index (χ3n) is 3.07. The molecule has 3 N–H and O–H groups in total. The molecule has 1 aromatic heterocycles. The first-order valence-electron chi connectivity index (χ1n) is 6.43. The first-order valence-corrected chi connectivity index (χ1v) is 7.31. The molecule has 0 saturated carbocycles. The Morgan fingerprint density at radius 1 is 1.50 bits per heavy atom. The van der Waals surface area contributed by atoms with Crippen LogP contribution in [-0.2, 0) is 11.2 Å². The number of nitrogens with one attached hydrogen (secondary N) is 1. The minimum absolute atomic E-state index is 0.134. The van der Waals surface area contributed by atoms with Crippen LogP contribution in [0.25, 0.3) is 0 Å². The Bertz CT molecular complexity index is 387. The Labute approximate surface area is 111 Å². The zero-order valence-electron chi connectivity index (χ0n) is 10.5. The monoisotopic (exact) mass is 268 g/mol. The zero-order chi connectivity index (χ0) is 12.8. The Morgan fingerprint density at radius 3 is 2.94 bits per heavy atom. The average molecular weight is 268 g/mol. The van der Waals surface area contributed by atoms with E-state index in [1.807, 2.05) is 5.38 Å². The van der Waals surface area contributed by atoms with Crippen LogP contribution in [0.1, 0.15) is 25.0 Å². The second-order valence-electron chi connectivity index (χ2n) is 4.61. The average Bonchev–Trinajstić information content (AvgIpc) is 2.96. The van der Waals surface area contributed by atoms with E-state index in [9.17, 15) is 4.79 Å². The predicted octanol–water partition coefficient (Wildman–Crippen LogP) is 0.870. The zero-order valence-corrected chi connectivity index (χ0v) is 11.3. The van der Waals surface area contributed by atoms with Gasteiger partial charge in [0.1, 0.15) is 0 Å². The van der Waals surface area contributed by atoms with Crippen LogP contribution in [0, 0.1) is 0 Å². The van der Waals surface area contributed by atoms with Crippen molar-refractivity contribution in [3.8, 4) is 0 Å². The number of likely N-dealkylation sites (tertiary alicyclic amines) is 1. The molecule has 6 heteroatoms. The van der Waals surface area contributed by atoms with E-state index in [0.29, 0.717) is 18.2 Å². The molecule has 0 aliphatic carbocycles. The summed E-state index contributed by atoms with van der Waals surface area (Å²) in [6, 6.07) is 0. The van der Waals surface area contributed by atoms with E-state index in [1.165, 1.54) is 24.2 Å². The van der Waals surface area contributed by atoms with Crippen molar-refractivity contribution in [1.82, 2.24) is 15.2 Å². The molecule has 1 saturated heterocycles. The highest BCUT2D eigenvalue weighted by Crippen LogP contribution is 2.12. The van der Waals surface area contributed by atoms with Crippen molar-refractivity contribution in [2.24, 2.45) is 0 Å². The molecule has 1 aliphatic rings. The van der Waals surface area contributed by atoms with Crippen molar-refractivity contribution in [2.45, 2.75) is 25.7 Å². The summed E-state index contributed by atoms with van der Waals surface area (Å²) in [4.78, 5) is 18.0. The van der Waals surface area contributed by atoms with Gasteiger partial charge in [-0.1, -0.05) is 0 Å². The van der Waals surface area contributed by atoms with Gasteiger partial charge in [-0.3, -0.25) is 9.69 Å². The molecule has 0 bridgehead atoms. The van der Waals surface area contributed by atoms with Gasteiger partial charge in [0.25, 0.3) is 0 Å². The number of anilines is 1. The number of rotatable bonds is 6. The van der Waals surface area contributed by atoms with Gasteiger partial charge in [0.05, 0.1) is 12.2 Å². The number of nitrogens with zero attached hydrogens (tertiary/aromatic N) is 2. The van der Waals surface area contributed by atoms with Crippen LogP contribution in [-0.4, -0.2) is 42.0 Å². The largest absolute Gasteiger partial charge is 0.375 e. The maximum absolute atomic E-state index is 11.6. The molecule has 1 amide bonds. The summed E-state index contributed by atoms with van der Waals surface area (Å²) in [5.74, 6) is 0.134. The van der Waals surface area contributed by atoms with Gasteiger partial charge in [-0.05, 0) is 38.8 Å². The van der Waals surface area contributed by atoms with E-state index < -0.39 is 0 Å². The van der Waals surface area contributed by atoms with E-state index >= 15 is 0 Å². The van der Waals surface area contributed by atoms with E-state index in [1.54, 1.807) is 0 Å². The molecule has 0 atom stereocenters. The fourth-order valence-corrected chi connectivity index (χ4v) is 2.73. The van der Waals surface area contributed by atoms with Gasteiger partial charge in [0.15, 0.2) is 5.13 Å². The molecule has 0 radical (unpaired) electrons. The van der Waals surface area contributed by atoms with Crippen LogP contribution in [0.2, 0.25) is 0 Å². The van der Waals surface area contributed by atoms with Crippen molar-refractivity contribution < 1.29 is 4.79 Å². The lowest BCUT2D eigenvalue weighted by Crippen LogP contribution is -2.36. The number of hydrogen-bond acceptors (Lipinski definition) is 5. The standard InChI is InChI=1S/C12H20N4OS/c13-12-15-10(9-18-12)4-3-5-14-11(17)8-16-6-1-2-7-16/h9H,1-8H2,(H2,13,15)(H,14,17). The summed E-state index contributed by atoms with van der Waals surface area (Å²) < 4.78 is 0. The van der Waals surface area contributed by atoms with Crippen LogP contribution in [0.15, 0.2) is 5.38 Å². The summed E-state index contributed by atoms with van der Waals surface area (Å²) >= 11 is 1.46. The molecule has 2 heterocycles. The van der Waals surface area contributed by atoms with E-state index in [0.717, 1.165) is 31.6 Å². The van der Waals surface area contributed by atoms with Crippen molar-refractivity contribution in [3.63, 3.8) is 0 Å². The van der Waals surface area contributed by atoms with E-state index in [2.05, 4.69) is 15.2 Å². The SMILES string of the molecule is Nc1nc(CCCNC(=O)CN2CCCC2)cs1. The lowest BCUT2D eigenvalue weighted by molar-refractivity contribution is -0.122. The normalized spacial score (nSPS) is 16.0. The molecule has 0 aromatic carbocycles. The molecular formula is C12H20N4OS. The molecule has 5 nitrogen and oxygen atoms in total. The molecule has 0 unspecified atom stereocenters. The quantitative estimate of drug-likeness (QED) is 0.751. The lowest BCUT2D eigenvalue weighted by Gasteiger charge is -2.13. The summed E-state index contributed by atoms with van der Waals surface area (Å²) in [6.45, 7) is 3.38. The fourth-order valence-electron chi connectivity index (χ4n) is 2.13. The van der Waals surface area contributed by atoms with Crippen LogP contribution in [0.4, 0.5) is 5.13 Å². The summed E-state index contributed by atoms with van der Waals surface area (Å²) in [5.41, 5.74) is 6.57. The van der Waals surface area contributed by atoms with Gasteiger partial charge in [0, 0.05) is 11.9 Å². The number of nitrogen functional groups attached to an aromatic ring is 1. The van der Waals surface area contributed by atoms with Crippen molar-refractivity contribution >= 4 is 22.4 Å². The van der Waals surface area contributed by atoms with Gasteiger partial charge in [-0.2, -0.15) is 0 Å². The number of carbonyl (C=O) groups is 1. The predicted molar refractivity (Wildman–Crippen MR) is 73.5 cm³/mol. The number of aromatic nitrogens is 1. The number of thiazole rings is 1. The molecule has 0 spiro atoms. The van der Waals surface area contributed by atoms with Gasteiger partial charge in [-0.15, -0.1) is 11.3 Å². The molecule has 100 valence electrons. The summed E-state index contributed by atoms with van der Waals surface area (Å²) in [6.07, 6.45) is 4.23.